The van der Waals surface area contributed by atoms with E-state index in [9.17, 15) is 4.21 Å². The molecule has 0 aliphatic carbocycles. The summed E-state index contributed by atoms with van der Waals surface area (Å²) < 4.78 is 13.0. The van der Waals surface area contributed by atoms with Crippen LogP contribution in [0.5, 0.6) is 0 Å². The molecule has 0 aliphatic rings. The molecule has 118 valence electrons. The summed E-state index contributed by atoms with van der Waals surface area (Å²) in [6.45, 7) is 7.16. The molecule has 3 heteroatoms. The Morgan fingerprint density at radius 1 is 0.909 bits per heavy atom. The number of hydrogen-bond acceptors (Lipinski definition) is 1. The number of benzene rings is 2. The smallest absolute Gasteiger partial charge is 0.0564 e. The Labute approximate surface area is 138 Å². The highest BCUT2D eigenvalue weighted by Crippen LogP contribution is 2.23. The summed E-state index contributed by atoms with van der Waals surface area (Å²) in [5.74, 6) is 0. The fourth-order valence-corrected chi connectivity index (χ4v) is 5.41. The van der Waals surface area contributed by atoms with Crippen molar-refractivity contribution in [1.82, 2.24) is 0 Å². The highest BCUT2D eigenvalue weighted by atomic mass is 32.2. The summed E-state index contributed by atoms with van der Waals surface area (Å²) in [5.41, 5.74) is 1.28. The van der Waals surface area contributed by atoms with Crippen molar-refractivity contribution in [3.63, 3.8) is 0 Å². The highest BCUT2D eigenvalue weighted by molar-refractivity contribution is 7.85. The van der Waals surface area contributed by atoms with E-state index < -0.39 is 18.9 Å². The van der Waals surface area contributed by atoms with Gasteiger partial charge in [-0.15, -0.1) is 0 Å². The van der Waals surface area contributed by atoms with E-state index in [4.69, 9.17) is 0 Å². The normalized spacial score (nSPS) is 14.5. The van der Waals surface area contributed by atoms with Gasteiger partial charge in [0.2, 0.25) is 0 Å². The van der Waals surface area contributed by atoms with Gasteiger partial charge < -0.3 is 0 Å². The van der Waals surface area contributed by atoms with Crippen LogP contribution in [0.3, 0.4) is 0 Å². The maximum absolute atomic E-state index is 13.0. The van der Waals surface area contributed by atoms with Crippen LogP contribution in [0.1, 0.15) is 12.0 Å². The Kier molecular flexibility index (Phi) is 6.15. The minimum absolute atomic E-state index is 0.205. The van der Waals surface area contributed by atoms with Crippen LogP contribution >= 0.6 is 0 Å². The van der Waals surface area contributed by atoms with Crippen LogP contribution in [-0.2, 0) is 17.2 Å². The first kappa shape index (κ1) is 17.2. The van der Waals surface area contributed by atoms with E-state index >= 15 is 0 Å². The van der Waals surface area contributed by atoms with Crippen LogP contribution in [0.2, 0.25) is 25.7 Å². The fourth-order valence-electron chi connectivity index (χ4n) is 2.50. The van der Waals surface area contributed by atoms with Crippen molar-refractivity contribution in [3.05, 3.63) is 66.2 Å². The van der Waals surface area contributed by atoms with Gasteiger partial charge >= 0.3 is 0 Å². The van der Waals surface area contributed by atoms with Crippen LogP contribution in [0.4, 0.5) is 0 Å². The molecule has 0 bridgehead atoms. The highest BCUT2D eigenvalue weighted by Gasteiger charge is 2.22. The first-order valence-corrected chi connectivity index (χ1v) is 12.9. The second-order valence-electron chi connectivity index (χ2n) is 7.02. The van der Waals surface area contributed by atoms with Gasteiger partial charge in [0.1, 0.15) is 0 Å². The first-order chi connectivity index (χ1) is 10.5. The van der Waals surface area contributed by atoms with Crippen molar-refractivity contribution in [1.29, 1.82) is 0 Å². The Balaban J connectivity index is 2.15. The van der Waals surface area contributed by atoms with E-state index in [1.165, 1.54) is 11.6 Å². The molecule has 0 spiro atoms. The predicted molar refractivity (Wildman–Crippen MR) is 99.6 cm³/mol. The zero-order valence-corrected chi connectivity index (χ0v) is 15.6. The molecule has 0 amide bonds. The Hall–Kier alpha value is -1.19. The average Bonchev–Trinajstić information content (AvgIpc) is 2.52. The van der Waals surface area contributed by atoms with E-state index in [1.807, 2.05) is 36.4 Å². The number of hydrogen-bond donors (Lipinski definition) is 0. The third-order valence-electron chi connectivity index (χ3n) is 3.80. The largest absolute Gasteiger partial charge is 0.254 e. The van der Waals surface area contributed by atoms with E-state index in [0.29, 0.717) is 0 Å². The van der Waals surface area contributed by atoms with Gasteiger partial charge in [0.15, 0.2) is 0 Å². The quantitative estimate of drug-likeness (QED) is 0.643. The summed E-state index contributed by atoms with van der Waals surface area (Å²) in [6.07, 6.45) is 1.94. The molecule has 0 saturated heterocycles. The molecule has 1 nitrogen and oxygen atoms in total. The van der Waals surface area contributed by atoms with Crippen molar-refractivity contribution >= 4 is 18.9 Å². The van der Waals surface area contributed by atoms with Crippen molar-refractivity contribution in [2.45, 2.75) is 48.7 Å². The van der Waals surface area contributed by atoms with E-state index in [-0.39, 0.29) is 5.25 Å². The molecule has 0 heterocycles. The van der Waals surface area contributed by atoms with E-state index in [1.54, 1.807) is 0 Å². The molecular weight excluding hydrogens is 304 g/mol. The van der Waals surface area contributed by atoms with E-state index in [0.717, 1.165) is 17.7 Å². The van der Waals surface area contributed by atoms with E-state index in [2.05, 4.69) is 43.9 Å². The molecule has 0 aromatic heterocycles. The SMILES string of the molecule is C[Si](C)(C)CCC(Cc1ccccc1)S(=O)c1ccccc1. The van der Waals surface area contributed by atoms with Gasteiger partial charge in [0.25, 0.3) is 0 Å². The molecule has 0 fully saturated rings. The lowest BCUT2D eigenvalue weighted by Gasteiger charge is -2.22. The zero-order valence-electron chi connectivity index (χ0n) is 13.8. The fraction of sp³-hybridized carbons (Fsp3) is 0.368. The minimum Gasteiger partial charge on any atom is -0.254 e. The molecule has 2 atom stereocenters. The summed E-state index contributed by atoms with van der Waals surface area (Å²) >= 11 is 0. The third-order valence-corrected chi connectivity index (χ3v) is 7.33. The maximum Gasteiger partial charge on any atom is 0.0564 e. The second kappa shape index (κ2) is 7.89. The molecule has 22 heavy (non-hydrogen) atoms. The van der Waals surface area contributed by atoms with Gasteiger partial charge in [0.05, 0.1) is 10.8 Å². The molecule has 0 aliphatic heterocycles. The summed E-state index contributed by atoms with van der Waals surface area (Å²) in [7, 11) is -2.05. The summed E-state index contributed by atoms with van der Waals surface area (Å²) in [4.78, 5) is 0.957. The van der Waals surface area contributed by atoms with Crippen molar-refractivity contribution in [2.24, 2.45) is 0 Å². The van der Waals surface area contributed by atoms with Crippen LogP contribution in [-0.4, -0.2) is 17.5 Å². The lowest BCUT2D eigenvalue weighted by molar-refractivity contribution is 0.660. The predicted octanol–water partition coefficient (Wildman–Crippen LogP) is 5.13. The van der Waals surface area contributed by atoms with Gasteiger partial charge in [-0.3, -0.25) is 4.21 Å². The lowest BCUT2D eigenvalue weighted by atomic mass is 10.1. The monoisotopic (exact) mass is 330 g/mol. The Bertz CT molecular complexity index is 590. The van der Waals surface area contributed by atoms with Gasteiger partial charge in [-0.05, 0) is 30.5 Å². The van der Waals surface area contributed by atoms with Gasteiger partial charge in [-0.2, -0.15) is 0 Å². The third kappa shape index (κ3) is 5.54. The van der Waals surface area contributed by atoms with Crippen LogP contribution in [0, 0.1) is 0 Å². The van der Waals surface area contributed by atoms with Crippen molar-refractivity contribution < 1.29 is 4.21 Å². The molecule has 2 rings (SSSR count). The molecular formula is C19H26OSSi. The van der Waals surface area contributed by atoms with Gasteiger partial charge in [-0.1, -0.05) is 74.2 Å². The summed E-state index contributed by atoms with van der Waals surface area (Å²) in [6, 6.07) is 21.6. The zero-order chi connectivity index (χ0) is 16.0. The Morgan fingerprint density at radius 2 is 1.45 bits per heavy atom. The minimum atomic E-state index is -1.12. The topological polar surface area (TPSA) is 17.1 Å². The standard InChI is InChI=1S/C19H26OSSi/c1-22(2,3)15-14-19(16-17-10-6-4-7-11-17)21(20)18-12-8-5-9-13-18/h4-13,19H,14-16H2,1-3H3. The molecule has 2 unspecified atom stereocenters. The molecule has 0 N–H and O–H groups in total. The van der Waals surface area contributed by atoms with Gasteiger partial charge in [0, 0.05) is 18.2 Å². The van der Waals surface area contributed by atoms with Crippen LogP contribution in [0.25, 0.3) is 0 Å². The first-order valence-electron chi connectivity index (χ1n) is 7.95. The van der Waals surface area contributed by atoms with Crippen molar-refractivity contribution in [2.75, 3.05) is 0 Å². The van der Waals surface area contributed by atoms with Crippen LogP contribution in [0.15, 0.2) is 65.6 Å². The Morgan fingerprint density at radius 3 is 2.00 bits per heavy atom. The molecule has 0 saturated carbocycles. The molecule has 2 aromatic rings. The second-order valence-corrected chi connectivity index (χ2v) is 14.4. The number of rotatable bonds is 7. The van der Waals surface area contributed by atoms with Gasteiger partial charge in [-0.25, -0.2) is 0 Å². The molecule has 2 aromatic carbocycles. The average molecular weight is 331 g/mol. The van der Waals surface area contributed by atoms with Crippen LogP contribution < -0.4 is 0 Å². The maximum atomic E-state index is 13.0. The van der Waals surface area contributed by atoms with Crippen molar-refractivity contribution in [3.8, 4) is 0 Å². The summed E-state index contributed by atoms with van der Waals surface area (Å²) in [5, 5.41) is 0.205. The lowest BCUT2D eigenvalue weighted by Crippen LogP contribution is -2.25. The molecule has 0 radical (unpaired) electrons.